The molecule has 1 atom stereocenters. The number of anilines is 1. The maximum atomic E-state index is 11.9. The van der Waals surface area contributed by atoms with Gasteiger partial charge in [-0.15, -0.1) is 5.10 Å². The van der Waals surface area contributed by atoms with E-state index in [2.05, 4.69) is 20.5 Å². The third-order valence-electron chi connectivity index (χ3n) is 3.57. The number of primary amides is 1. The smallest absolute Gasteiger partial charge is 0.248 e. The fourth-order valence-electron chi connectivity index (χ4n) is 2.54. The largest absolute Gasteiger partial charge is 0.366 e. The molecule has 0 bridgehead atoms. The highest BCUT2D eigenvalue weighted by Gasteiger charge is 2.33. The minimum atomic E-state index is -0.480. The van der Waals surface area contributed by atoms with Crippen LogP contribution in [-0.4, -0.2) is 36.7 Å². The number of thioether (sulfide) groups is 1. The van der Waals surface area contributed by atoms with Gasteiger partial charge in [-0.2, -0.15) is 10.1 Å². The molecule has 0 radical (unpaired) electrons. The van der Waals surface area contributed by atoms with Crippen LogP contribution in [0.2, 0.25) is 0 Å². The topological polar surface area (TPSA) is 104 Å². The van der Waals surface area contributed by atoms with Gasteiger partial charge in [0.1, 0.15) is 6.04 Å². The van der Waals surface area contributed by atoms with Crippen molar-refractivity contribution in [3.8, 4) is 0 Å². The van der Waals surface area contributed by atoms with Gasteiger partial charge in [0.05, 0.1) is 11.8 Å². The molecule has 1 aliphatic heterocycles. The molecule has 3 rings (SSSR count). The molecule has 0 aliphatic carbocycles. The summed E-state index contributed by atoms with van der Waals surface area (Å²) in [6.07, 6.45) is 5.54. The van der Waals surface area contributed by atoms with Crippen LogP contribution in [-0.2, 0) is 11.3 Å². The predicted octanol–water partition coefficient (Wildman–Crippen LogP) is 0.991. The Morgan fingerprint density at radius 3 is 2.91 bits per heavy atom. The Labute approximate surface area is 131 Å². The van der Waals surface area contributed by atoms with Gasteiger partial charge >= 0.3 is 0 Å². The highest BCUT2D eigenvalue weighted by atomic mass is 32.2. The van der Waals surface area contributed by atoms with Gasteiger partial charge in [-0.3, -0.25) is 9.48 Å². The van der Waals surface area contributed by atoms with Crippen molar-refractivity contribution in [2.75, 3.05) is 11.6 Å². The lowest BCUT2D eigenvalue weighted by Crippen LogP contribution is -2.31. The van der Waals surface area contributed by atoms with Crippen LogP contribution in [0.3, 0.4) is 0 Å². The lowest BCUT2D eigenvalue weighted by Gasteiger charge is -2.26. The van der Waals surface area contributed by atoms with Gasteiger partial charge in [-0.05, 0) is 20.1 Å². The molecular formula is C13H17N7OS. The number of aromatic nitrogens is 5. The molecule has 3 N–H and O–H groups in total. The fraction of sp³-hybridized carbons (Fsp3) is 0.385. The molecule has 0 saturated carbocycles. The average Bonchev–Trinajstić information content (AvgIpc) is 3.11. The molecule has 2 aromatic heterocycles. The van der Waals surface area contributed by atoms with Crippen molar-refractivity contribution in [1.82, 2.24) is 24.5 Å². The van der Waals surface area contributed by atoms with Crippen LogP contribution in [0.25, 0.3) is 0 Å². The number of amides is 1. The Bertz CT molecular complexity index is 760. The van der Waals surface area contributed by atoms with Crippen molar-refractivity contribution < 1.29 is 4.79 Å². The number of allylic oxidation sites excluding steroid dienone is 1. The van der Waals surface area contributed by atoms with Crippen LogP contribution in [0.5, 0.6) is 0 Å². The molecule has 0 aromatic carbocycles. The Hall–Kier alpha value is -2.29. The monoisotopic (exact) mass is 319 g/mol. The quantitative estimate of drug-likeness (QED) is 0.815. The second-order valence-electron chi connectivity index (χ2n) is 4.93. The summed E-state index contributed by atoms with van der Waals surface area (Å²) in [7, 11) is 0. The summed E-state index contributed by atoms with van der Waals surface area (Å²) in [6.45, 7) is 4.57. The number of hydrogen-bond acceptors (Lipinski definition) is 6. The first kappa shape index (κ1) is 14.6. The van der Waals surface area contributed by atoms with E-state index in [0.29, 0.717) is 22.4 Å². The first-order valence-corrected chi connectivity index (χ1v) is 8.08. The van der Waals surface area contributed by atoms with Crippen LogP contribution in [0.1, 0.15) is 25.5 Å². The van der Waals surface area contributed by atoms with Crippen LogP contribution in [0, 0.1) is 0 Å². The summed E-state index contributed by atoms with van der Waals surface area (Å²) in [5.41, 5.74) is 7.61. The summed E-state index contributed by atoms with van der Waals surface area (Å²) in [5.74, 6) is 0.118. The van der Waals surface area contributed by atoms with E-state index in [-0.39, 0.29) is 0 Å². The molecule has 116 valence electrons. The zero-order valence-electron chi connectivity index (χ0n) is 12.6. The molecule has 2 aromatic rings. The SMILES string of the molecule is CCn1cc(C2C(C(N)=O)=C(C)Nc3nc(SC)nn32)cn1. The van der Waals surface area contributed by atoms with Gasteiger partial charge in [0.2, 0.25) is 17.0 Å². The number of rotatable bonds is 4. The van der Waals surface area contributed by atoms with Crippen molar-refractivity contribution in [3.05, 3.63) is 29.2 Å². The van der Waals surface area contributed by atoms with Crippen molar-refractivity contribution in [3.63, 3.8) is 0 Å². The number of nitrogens with one attached hydrogen (secondary N) is 1. The van der Waals surface area contributed by atoms with Crippen LogP contribution in [0.4, 0.5) is 5.95 Å². The molecule has 0 spiro atoms. The molecule has 1 unspecified atom stereocenters. The van der Waals surface area contributed by atoms with E-state index in [0.717, 1.165) is 12.1 Å². The molecule has 0 fully saturated rings. The van der Waals surface area contributed by atoms with E-state index in [1.165, 1.54) is 11.8 Å². The normalized spacial score (nSPS) is 17.3. The Balaban J connectivity index is 2.17. The summed E-state index contributed by atoms with van der Waals surface area (Å²) >= 11 is 1.44. The van der Waals surface area contributed by atoms with Gasteiger partial charge in [0, 0.05) is 24.0 Å². The van der Waals surface area contributed by atoms with E-state index in [1.807, 2.05) is 26.3 Å². The van der Waals surface area contributed by atoms with E-state index in [9.17, 15) is 4.79 Å². The third-order valence-corrected chi connectivity index (χ3v) is 4.11. The summed E-state index contributed by atoms with van der Waals surface area (Å²) in [5, 5.41) is 12.5. The molecule has 8 nitrogen and oxygen atoms in total. The second-order valence-corrected chi connectivity index (χ2v) is 5.70. The van der Waals surface area contributed by atoms with Gasteiger partial charge in [-0.25, -0.2) is 4.68 Å². The lowest BCUT2D eigenvalue weighted by molar-refractivity contribution is -0.115. The molecule has 1 amide bonds. The molecule has 1 aliphatic rings. The molecule has 0 saturated heterocycles. The Morgan fingerprint density at radius 1 is 1.55 bits per heavy atom. The Morgan fingerprint density at radius 2 is 2.32 bits per heavy atom. The maximum Gasteiger partial charge on any atom is 0.248 e. The number of fused-ring (bicyclic) bond motifs is 1. The van der Waals surface area contributed by atoms with E-state index >= 15 is 0 Å². The standard InChI is InChI=1S/C13H17N7OS/c1-4-19-6-8(5-15-19)10-9(11(14)21)7(2)16-12-17-13(22-3)18-20(10)12/h5-6,10H,4H2,1-3H3,(H2,14,21)(H,16,17,18). The first-order chi connectivity index (χ1) is 10.5. The number of nitrogens with two attached hydrogens (primary N) is 1. The highest BCUT2D eigenvalue weighted by Crippen LogP contribution is 2.35. The number of nitrogens with zero attached hydrogens (tertiary/aromatic N) is 5. The summed E-state index contributed by atoms with van der Waals surface area (Å²) in [4.78, 5) is 16.3. The highest BCUT2D eigenvalue weighted by molar-refractivity contribution is 7.98. The Kier molecular flexibility index (Phi) is 3.65. The number of carbonyl (C=O) groups is 1. The second kappa shape index (κ2) is 5.48. The minimum absolute atomic E-state index is 0.414. The van der Waals surface area contributed by atoms with Gasteiger partial charge in [0.25, 0.3) is 0 Å². The predicted molar refractivity (Wildman–Crippen MR) is 83.4 cm³/mol. The lowest BCUT2D eigenvalue weighted by atomic mass is 9.98. The van der Waals surface area contributed by atoms with Gasteiger partial charge in [-0.1, -0.05) is 11.8 Å². The number of aryl methyl sites for hydroxylation is 1. The van der Waals surface area contributed by atoms with Crippen LogP contribution >= 0.6 is 11.8 Å². The fourth-order valence-corrected chi connectivity index (χ4v) is 2.89. The minimum Gasteiger partial charge on any atom is -0.366 e. The van der Waals surface area contributed by atoms with Gasteiger partial charge < -0.3 is 11.1 Å². The van der Waals surface area contributed by atoms with Crippen molar-refractivity contribution in [1.29, 1.82) is 0 Å². The van der Waals surface area contributed by atoms with Crippen molar-refractivity contribution in [2.24, 2.45) is 5.73 Å². The maximum absolute atomic E-state index is 11.9. The first-order valence-electron chi connectivity index (χ1n) is 6.85. The van der Waals surface area contributed by atoms with Crippen LogP contribution in [0.15, 0.2) is 28.8 Å². The van der Waals surface area contributed by atoms with E-state index < -0.39 is 11.9 Å². The third kappa shape index (κ3) is 2.27. The van der Waals surface area contributed by atoms with Crippen molar-refractivity contribution >= 4 is 23.6 Å². The summed E-state index contributed by atoms with van der Waals surface area (Å²) < 4.78 is 3.49. The molecule has 3 heterocycles. The summed E-state index contributed by atoms with van der Waals surface area (Å²) in [6, 6.07) is -0.414. The van der Waals surface area contributed by atoms with Crippen molar-refractivity contribution in [2.45, 2.75) is 31.6 Å². The van der Waals surface area contributed by atoms with E-state index in [4.69, 9.17) is 5.73 Å². The van der Waals surface area contributed by atoms with Gasteiger partial charge in [0.15, 0.2) is 0 Å². The molecule has 22 heavy (non-hydrogen) atoms. The zero-order chi connectivity index (χ0) is 15.9. The molecule has 9 heteroatoms. The number of hydrogen-bond donors (Lipinski definition) is 2. The zero-order valence-corrected chi connectivity index (χ0v) is 13.4. The van der Waals surface area contributed by atoms with Crippen LogP contribution < -0.4 is 11.1 Å². The number of carbonyl (C=O) groups excluding carboxylic acids is 1. The molecular weight excluding hydrogens is 302 g/mol. The average molecular weight is 319 g/mol. The van der Waals surface area contributed by atoms with E-state index in [1.54, 1.807) is 15.6 Å².